The molecular formula is C59H100O27. The summed E-state index contributed by atoms with van der Waals surface area (Å²) in [4.78, 5) is 0. The Kier molecular flexibility index (Phi) is 21.3. The number of fused-ring (bicyclic) bond motifs is 5. The van der Waals surface area contributed by atoms with Gasteiger partial charge in [0.2, 0.25) is 0 Å². The largest absolute Gasteiger partial charge is 0.394 e. The zero-order chi connectivity index (χ0) is 63.1. The molecule has 9 fully saturated rings. The van der Waals surface area contributed by atoms with Gasteiger partial charge in [0.05, 0.1) is 50.8 Å². The first-order valence-corrected chi connectivity index (χ1v) is 30.8. The number of aliphatic hydroxyl groups excluding tert-OH is 17. The van der Waals surface area contributed by atoms with Crippen LogP contribution in [0.2, 0.25) is 0 Å². The van der Waals surface area contributed by atoms with Crippen molar-refractivity contribution in [3.63, 3.8) is 0 Å². The fourth-order valence-corrected chi connectivity index (χ4v) is 17.4. The normalized spacial score (nSPS) is 52.9. The Morgan fingerprint density at radius 1 is 0.512 bits per heavy atom. The lowest BCUT2D eigenvalue weighted by Crippen LogP contribution is -2.68. The smallest absolute Gasteiger partial charge is 0.187 e. The van der Waals surface area contributed by atoms with Crippen molar-refractivity contribution in [2.75, 3.05) is 33.0 Å². The summed E-state index contributed by atoms with van der Waals surface area (Å²) < 4.78 is 60.3. The summed E-state index contributed by atoms with van der Waals surface area (Å²) in [6.45, 7) is 14.1. The van der Waals surface area contributed by atoms with Crippen LogP contribution >= 0.6 is 0 Å². The lowest BCUT2D eigenvalue weighted by Gasteiger charge is -2.71. The van der Waals surface area contributed by atoms with E-state index in [0.29, 0.717) is 38.5 Å². The van der Waals surface area contributed by atoms with Gasteiger partial charge in [0, 0.05) is 0 Å². The topological polar surface area (TPSA) is 436 Å². The van der Waals surface area contributed by atoms with Gasteiger partial charge < -0.3 is 134 Å². The Morgan fingerprint density at radius 2 is 1.02 bits per heavy atom. The molecule has 27 heteroatoms. The number of aliphatic hydroxyl groups is 17. The molecule has 0 aromatic heterocycles. The molecule has 0 spiro atoms. The quantitative estimate of drug-likeness (QED) is 0.0463. The first-order chi connectivity index (χ1) is 40.3. The molecule has 0 unspecified atom stereocenters. The molecule has 0 radical (unpaired) electrons. The van der Waals surface area contributed by atoms with Gasteiger partial charge in [-0.25, -0.2) is 0 Å². The molecule has 9 aliphatic rings. The highest BCUT2D eigenvalue weighted by Gasteiger charge is 2.72. The van der Waals surface area contributed by atoms with Crippen molar-refractivity contribution >= 4 is 0 Å². The molecular weight excluding hydrogens is 1140 g/mol. The van der Waals surface area contributed by atoms with Crippen molar-refractivity contribution in [2.45, 2.75) is 278 Å². The average molecular weight is 1240 g/mol. The van der Waals surface area contributed by atoms with Crippen LogP contribution in [0, 0.1) is 45.3 Å². The van der Waals surface area contributed by atoms with Crippen LogP contribution in [0.5, 0.6) is 0 Å². The highest BCUT2D eigenvalue weighted by molar-refractivity contribution is 5.21. The SMILES string of the molecule is CC(C)=CCC[C@](C)(O[C@@H]1O[C@H](CO[C@@H]2O[C@H](CO[C@@H]3OC[C@@H](O)[C@H](O)[C@H]3O)[C@@H](O)[C@H](O)[C@H]2O)[C@@H](O)[C@H](O)[C@H]1O)[C@H]1CC[C@]2(C)[C@@H]1[C@H](O)C[C@@H]1[C@@]3(C)CC[C@H](O[C@@H]4O[C@H](CO)[C@@H](O)[C@H](O)[C@H]4O[C@@H]4O[C@H](CO)[C@@H](O)[C@H](O)[C@H]4O)C(C)(C)[C@H]3CC[C@]12C. The maximum atomic E-state index is 12.9. The minimum Gasteiger partial charge on any atom is -0.394 e. The molecule has 0 bridgehead atoms. The summed E-state index contributed by atoms with van der Waals surface area (Å²) in [5, 5.41) is 185. The molecule has 498 valence electrons. The van der Waals surface area contributed by atoms with Gasteiger partial charge in [-0.2, -0.15) is 0 Å². The molecule has 27 nitrogen and oxygen atoms in total. The van der Waals surface area contributed by atoms with Crippen LogP contribution in [-0.4, -0.2) is 285 Å². The van der Waals surface area contributed by atoms with E-state index in [-0.39, 0.29) is 41.1 Å². The van der Waals surface area contributed by atoms with Crippen molar-refractivity contribution in [2.24, 2.45) is 45.3 Å². The Balaban J connectivity index is 0.902. The molecule has 86 heavy (non-hydrogen) atoms. The Hall–Kier alpha value is -1.34. The van der Waals surface area contributed by atoms with E-state index in [4.69, 9.17) is 47.4 Å². The standard InChI is InChI=1S/C59H100O27/c1-24(2)10-9-14-59(8,86-53-48(76)43(71)40(68)31(83-53)23-79-51-46(74)42(70)39(67)30(82-51)22-78-50-45(73)36(64)27(63)21-77-50)25-11-16-58(7)35(25)26(62)18-33-56(5)15-13-34(55(3,4)32(56)12-17-57(33,58)6)84-54-49(44(72)38(66)29(20-61)81-54)85-52-47(75)41(69)37(65)28(19-60)80-52/h10,25-54,60-76H,9,11-23H2,1-8H3/t25-,26+,27+,28+,29+,30+,31+,32+,33+,34-,35-,36-,37+,38+,39+,40+,41-,42-,43-,44-,45+,46+,47+,48+,49+,50-,51+,52-,53-,54-,56-,57+,58+,59-/m0/s1. The van der Waals surface area contributed by atoms with Crippen LogP contribution in [0.15, 0.2) is 11.6 Å². The van der Waals surface area contributed by atoms with Gasteiger partial charge >= 0.3 is 0 Å². The Morgan fingerprint density at radius 3 is 1.63 bits per heavy atom. The maximum absolute atomic E-state index is 12.9. The molecule has 5 saturated heterocycles. The summed E-state index contributed by atoms with van der Waals surface area (Å²) in [6, 6.07) is 0. The lowest BCUT2D eigenvalue weighted by atomic mass is 9.35. The van der Waals surface area contributed by atoms with E-state index in [9.17, 15) is 86.8 Å². The van der Waals surface area contributed by atoms with Crippen LogP contribution < -0.4 is 0 Å². The fourth-order valence-electron chi connectivity index (χ4n) is 17.4. The maximum Gasteiger partial charge on any atom is 0.187 e. The van der Waals surface area contributed by atoms with Gasteiger partial charge in [-0.1, -0.05) is 46.3 Å². The Bertz CT molecular complexity index is 2260. The third-order valence-electron chi connectivity index (χ3n) is 22.6. The van der Waals surface area contributed by atoms with E-state index in [1.54, 1.807) is 0 Å². The summed E-state index contributed by atoms with van der Waals surface area (Å²) in [6.07, 6.45) is -32.7. The second-order valence-corrected chi connectivity index (χ2v) is 28.1. The van der Waals surface area contributed by atoms with Crippen molar-refractivity contribution < 1.29 is 134 Å². The predicted molar refractivity (Wildman–Crippen MR) is 293 cm³/mol. The first-order valence-electron chi connectivity index (χ1n) is 30.8. The van der Waals surface area contributed by atoms with Crippen LogP contribution in [0.4, 0.5) is 0 Å². The highest BCUT2D eigenvalue weighted by Crippen LogP contribution is 2.76. The molecule has 34 atom stereocenters. The zero-order valence-electron chi connectivity index (χ0n) is 50.5. The van der Waals surface area contributed by atoms with Crippen LogP contribution in [0.1, 0.15) is 113 Å². The van der Waals surface area contributed by atoms with E-state index in [1.807, 2.05) is 20.8 Å². The van der Waals surface area contributed by atoms with E-state index >= 15 is 0 Å². The average Bonchev–Trinajstić information content (AvgIpc) is 1.22. The van der Waals surface area contributed by atoms with Gasteiger partial charge in [-0.15, -0.1) is 0 Å². The predicted octanol–water partition coefficient (Wildman–Crippen LogP) is -3.74. The molecule has 5 aliphatic heterocycles. The summed E-state index contributed by atoms with van der Waals surface area (Å²) in [5.74, 6) is -0.613. The van der Waals surface area contributed by atoms with Gasteiger partial charge in [0.25, 0.3) is 0 Å². The van der Waals surface area contributed by atoms with E-state index in [0.717, 1.165) is 24.8 Å². The van der Waals surface area contributed by atoms with E-state index in [1.165, 1.54) is 0 Å². The van der Waals surface area contributed by atoms with Crippen LogP contribution in [-0.2, 0) is 47.4 Å². The minimum atomic E-state index is -1.84. The van der Waals surface area contributed by atoms with Gasteiger partial charge in [-0.3, -0.25) is 0 Å². The van der Waals surface area contributed by atoms with Crippen molar-refractivity contribution in [1.82, 2.24) is 0 Å². The minimum absolute atomic E-state index is 0.00770. The molecule has 4 saturated carbocycles. The van der Waals surface area contributed by atoms with Gasteiger partial charge in [-0.05, 0) is 124 Å². The van der Waals surface area contributed by atoms with E-state index < -0.39 is 202 Å². The third-order valence-corrected chi connectivity index (χ3v) is 22.6. The number of rotatable bonds is 18. The Labute approximate surface area is 501 Å². The van der Waals surface area contributed by atoms with Crippen LogP contribution in [0.3, 0.4) is 0 Å². The third kappa shape index (κ3) is 12.4. The molecule has 9 rings (SSSR count). The van der Waals surface area contributed by atoms with Gasteiger partial charge in [0.15, 0.2) is 31.5 Å². The second-order valence-electron chi connectivity index (χ2n) is 28.1. The summed E-state index contributed by atoms with van der Waals surface area (Å²) in [5.41, 5.74) is -1.79. The van der Waals surface area contributed by atoms with Crippen LogP contribution in [0.25, 0.3) is 0 Å². The highest BCUT2D eigenvalue weighted by atomic mass is 16.8. The first kappa shape index (κ1) is 69.0. The van der Waals surface area contributed by atoms with Crippen molar-refractivity contribution in [3.8, 4) is 0 Å². The molecule has 17 N–H and O–H groups in total. The monoisotopic (exact) mass is 1240 g/mol. The number of hydrogen-bond acceptors (Lipinski definition) is 27. The molecule has 0 aromatic carbocycles. The number of hydrogen-bond donors (Lipinski definition) is 17. The number of allylic oxidation sites excluding steroid dienone is 2. The second kappa shape index (κ2) is 26.6. The lowest BCUT2D eigenvalue weighted by molar-refractivity contribution is -0.378. The molecule has 0 amide bonds. The molecule has 4 aliphatic carbocycles. The molecule has 0 aromatic rings. The summed E-state index contributed by atoms with van der Waals surface area (Å²) in [7, 11) is 0. The van der Waals surface area contributed by atoms with Crippen molar-refractivity contribution in [3.05, 3.63) is 11.6 Å². The fraction of sp³-hybridized carbons (Fsp3) is 0.966. The number of ether oxygens (including phenoxy) is 10. The summed E-state index contributed by atoms with van der Waals surface area (Å²) >= 11 is 0. The zero-order valence-corrected chi connectivity index (χ0v) is 50.5. The van der Waals surface area contributed by atoms with Crippen molar-refractivity contribution in [1.29, 1.82) is 0 Å². The van der Waals surface area contributed by atoms with Gasteiger partial charge in [0.1, 0.15) is 116 Å². The molecule has 5 heterocycles. The van der Waals surface area contributed by atoms with E-state index in [2.05, 4.69) is 40.7 Å².